The summed E-state index contributed by atoms with van der Waals surface area (Å²) in [7, 11) is 1.95. The predicted octanol–water partition coefficient (Wildman–Crippen LogP) is 4.83. The minimum Gasteiger partial charge on any atom is -0.313 e. The van der Waals surface area contributed by atoms with E-state index in [1.165, 1.54) is 9.77 Å². The molecule has 2 aromatic rings. The van der Waals surface area contributed by atoms with E-state index in [4.69, 9.17) is 11.6 Å². The summed E-state index contributed by atoms with van der Waals surface area (Å²) in [6.07, 6.45) is 0. The number of hydrogen-bond donors (Lipinski definition) is 1. The van der Waals surface area contributed by atoms with Crippen LogP contribution in [0.1, 0.15) is 18.5 Å². The normalized spacial score (nSPS) is 12.6. The van der Waals surface area contributed by atoms with Gasteiger partial charge in [0.25, 0.3) is 0 Å². The molecule has 1 N–H and O–H groups in total. The first kappa shape index (κ1) is 13.0. The molecule has 1 heterocycles. The van der Waals surface area contributed by atoms with Crippen molar-refractivity contribution in [2.45, 2.75) is 22.1 Å². The summed E-state index contributed by atoms with van der Waals surface area (Å²) < 4.78 is 1.27. The summed E-state index contributed by atoms with van der Waals surface area (Å²) in [5.41, 5.74) is 1.22. The number of thiophene rings is 1. The Kier molecular flexibility index (Phi) is 4.51. The Morgan fingerprint density at radius 2 is 2.18 bits per heavy atom. The topological polar surface area (TPSA) is 12.0 Å². The van der Waals surface area contributed by atoms with E-state index in [9.17, 15) is 0 Å². The van der Waals surface area contributed by atoms with Gasteiger partial charge in [-0.3, -0.25) is 0 Å². The van der Waals surface area contributed by atoms with Gasteiger partial charge in [-0.1, -0.05) is 35.5 Å². The van der Waals surface area contributed by atoms with Crippen molar-refractivity contribution in [3.63, 3.8) is 0 Å². The Balaban J connectivity index is 2.20. The first-order chi connectivity index (χ1) is 8.20. The van der Waals surface area contributed by atoms with Gasteiger partial charge in [0.1, 0.15) is 0 Å². The van der Waals surface area contributed by atoms with Crippen LogP contribution in [0.5, 0.6) is 0 Å². The molecule has 0 aliphatic rings. The summed E-state index contributed by atoms with van der Waals surface area (Å²) in [6, 6.07) is 10.7. The summed E-state index contributed by atoms with van der Waals surface area (Å²) in [5, 5.41) is 6.11. The molecule has 1 atom stereocenters. The third-order valence-corrected chi connectivity index (χ3v) is 5.13. The summed E-state index contributed by atoms with van der Waals surface area (Å²) in [6.45, 7) is 2.12. The van der Waals surface area contributed by atoms with Gasteiger partial charge in [-0.15, -0.1) is 11.3 Å². The number of halogens is 1. The molecular weight excluding hydrogens is 270 g/mol. The van der Waals surface area contributed by atoms with Crippen molar-refractivity contribution in [2.75, 3.05) is 7.05 Å². The number of benzene rings is 1. The van der Waals surface area contributed by atoms with E-state index < -0.39 is 0 Å². The molecule has 1 nitrogen and oxygen atoms in total. The van der Waals surface area contributed by atoms with E-state index >= 15 is 0 Å². The fourth-order valence-electron chi connectivity index (χ4n) is 1.47. The van der Waals surface area contributed by atoms with Crippen molar-refractivity contribution in [3.05, 3.63) is 46.3 Å². The zero-order valence-electron chi connectivity index (χ0n) is 9.74. The molecule has 2 rings (SSSR count). The molecule has 1 aromatic carbocycles. The number of rotatable bonds is 4. The van der Waals surface area contributed by atoms with E-state index in [0.29, 0.717) is 6.04 Å². The molecule has 0 aliphatic heterocycles. The van der Waals surface area contributed by atoms with Crippen LogP contribution in [0.2, 0.25) is 5.02 Å². The van der Waals surface area contributed by atoms with E-state index in [2.05, 4.69) is 41.9 Å². The second-order valence-corrected chi connectivity index (χ2v) is 6.43. The molecule has 0 bridgehead atoms. The molecule has 1 aromatic heterocycles. The Hall–Kier alpha value is -0.480. The average Bonchev–Trinajstić information content (AvgIpc) is 2.83. The molecule has 0 radical (unpaired) electrons. The highest BCUT2D eigenvalue weighted by atomic mass is 35.5. The van der Waals surface area contributed by atoms with Crippen LogP contribution in [-0.2, 0) is 0 Å². The Morgan fingerprint density at radius 1 is 1.35 bits per heavy atom. The third kappa shape index (κ3) is 3.26. The minimum atomic E-state index is 0.327. The van der Waals surface area contributed by atoms with Gasteiger partial charge in [-0.2, -0.15) is 0 Å². The first-order valence-electron chi connectivity index (χ1n) is 5.39. The van der Waals surface area contributed by atoms with Crippen LogP contribution in [0.25, 0.3) is 0 Å². The lowest BCUT2D eigenvalue weighted by molar-refractivity contribution is 0.652. The van der Waals surface area contributed by atoms with Gasteiger partial charge in [0, 0.05) is 10.9 Å². The highest BCUT2D eigenvalue weighted by molar-refractivity contribution is 8.01. The molecule has 0 spiro atoms. The molecule has 0 amide bonds. The maximum Gasteiger partial charge on any atom is 0.0646 e. The molecular formula is C13H14ClNS2. The number of nitrogens with one attached hydrogen (secondary N) is 1. The predicted molar refractivity (Wildman–Crippen MR) is 77.4 cm³/mol. The quantitative estimate of drug-likeness (QED) is 0.862. The Morgan fingerprint density at radius 3 is 2.76 bits per heavy atom. The van der Waals surface area contributed by atoms with Crippen LogP contribution >= 0.6 is 34.7 Å². The summed E-state index contributed by atoms with van der Waals surface area (Å²) in [5.74, 6) is 0. The molecule has 0 fully saturated rings. The summed E-state index contributed by atoms with van der Waals surface area (Å²) >= 11 is 9.75. The monoisotopic (exact) mass is 283 g/mol. The number of hydrogen-bond acceptors (Lipinski definition) is 3. The van der Waals surface area contributed by atoms with Crippen molar-refractivity contribution in [3.8, 4) is 0 Å². The van der Waals surface area contributed by atoms with Gasteiger partial charge in [-0.05, 0) is 43.1 Å². The van der Waals surface area contributed by atoms with Crippen molar-refractivity contribution in [1.29, 1.82) is 0 Å². The molecule has 4 heteroatoms. The molecule has 17 heavy (non-hydrogen) atoms. The van der Waals surface area contributed by atoms with Gasteiger partial charge in [-0.25, -0.2) is 0 Å². The molecule has 0 saturated carbocycles. The second-order valence-electron chi connectivity index (χ2n) is 3.73. The van der Waals surface area contributed by atoms with Gasteiger partial charge in [0.05, 0.1) is 9.23 Å². The highest BCUT2D eigenvalue weighted by Crippen LogP contribution is 2.36. The average molecular weight is 284 g/mol. The maximum atomic E-state index is 6.30. The van der Waals surface area contributed by atoms with Crippen LogP contribution in [0.3, 0.4) is 0 Å². The van der Waals surface area contributed by atoms with Gasteiger partial charge < -0.3 is 5.32 Å². The standard InChI is InChI=1S/C13H14ClNS2/c1-9(15-2)10-5-6-12(11(14)8-10)17-13-4-3-7-16-13/h3-9,15H,1-2H3. The van der Waals surface area contributed by atoms with Crippen LogP contribution in [0, 0.1) is 0 Å². The molecule has 0 aliphatic carbocycles. The van der Waals surface area contributed by atoms with Crippen molar-refractivity contribution in [1.82, 2.24) is 5.32 Å². The van der Waals surface area contributed by atoms with Crippen LogP contribution < -0.4 is 5.32 Å². The zero-order chi connectivity index (χ0) is 12.3. The highest BCUT2D eigenvalue weighted by Gasteiger charge is 2.08. The Labute approximate surface area is 115 Å². The lowest BCUT2D eigenvalue weighted by Gasteiger charge is -2.12. The van der Waals surface area contributed by atoms with Crippen LogP contribution in [0.4, 0.5) is 0 Å². The van der Waals surface area contributed by atoms with Crippen molar-refractivity contribution in [2.24, 2.45) is 0 Å². The molecule has 0 saturated heterocycles. The fraction of sp³-hybridized carbons (Fsp3) is 0.231. The molecule has 1 unspecified atom stereocenters. The van der Waals surface area contributed by atoms with E-state index in [1.54, 1.807) is 23.1 Å². The first-order valence-corrected chi connectivity index (χ1v) is 7.46. The second kappa shape index (κ2) is 5.91. The third-order valence-electron chi connectivity index (χ3n) is 2.59. The van der Waals surface area contributed by atoms with E-state index in [0.717, 1.165) is 9.92 Å². The van der Waals surface area contributed by atoms with Gasteiger partial charge in [0.15, 0.2) is 0 Å². The van der Waals surface area contributed by atoms with Crippen LogP contribution in [-0.4, -0.2) is 7.05 Å². The van der Waals surface area contributed by atoms with Crippen molar-refractivity contribution < 1.29 is 0 Å². The smallest absolute Gasteiger partial charge is 0.0646 e. The fourth-order valence-corrected chi connectivity index (χ4v) is 3.50. The lowest BCUT2D eigenvalue weighted by Crippen LogP contribution is -2.12. The Bertz CT molecular complexity index is 482. The minimum absolute atomic E-state index is 0.327. The lowest BCUT2D eigenvalue weighted by atomic mass is 10.1. The zero-order valence-corrected chi connectivity index (χ0v) is 12.1. The summed E-state index contributed by atoms with van der Waals surface area (Å²) in [4.78, 5) is 1.11. The van der Waals surface area contributed by atoms with E-state index in [1.807, 2.05) is 13.1 Å². The van der Waals surface area contributed by atoms with Crippen molar-refractivity contribution >= 4 is 34.7 Å². The van der Waals surface area contributed by atoms with Gasteiger partial charge in [0.2, 0.25) is 0 Å². The van der Waals surface area contributed by atoms with Crippen LogP contribution in [0.15, 0.2) is 44.8 Å². The SMILES string of the molecule is CNC(C)c1ccc(Sc2cccs2)c(Cl)c1. The maximum absolute atomic E-state index is 6.30. The van der Waals surface area contributed by atoms with Gasteiger partial charge >= 0.3 is 0 Å². The van der Waals surface area contributed by atoms with E-state index in [-0.39, 0.29) is 0 Å². The largest absolute Gasteiger partial charge is 0.313 e. The molecule has 90 valence electrons.